The maximum atomic E-state index is 9.86. The van der Waals surface area contributed by atoms with E-state index in [9.17, 15) is 5.11 Å². The highest BCUT2D eigenvalue weighted by atomic mass is 35.5. The number of rotatable bonds is 4. The number of anilines is 1. The van der Waals surface area contributed by atoms with Crippen LogP contribution < -0.4 is 5.73 Å². The first-order valence-electron chi connectivity index (χ1n) is 6.56. The van der Waals surface area contributed by atoms with E-state index >= 15 is 0 Å². The lowest BCUT2D eigenvalue weighted by Gasteiger charge is -2.27. The first-order valence-corrected chi connectivity index (χ1v) is 6.94. The van der Waals surface area contributed by atoms with E-state index in [4.69, 9.17) is 17.3 Å². The average molecular weight is 284 g/mol. The minimum absolute atomic E-state index is 0.238. The number of nitrogen functional groups attached to an aromatic ring is 1. The average Bonchev–Trinajstić information content (AvgIpc) is 2.62. The Hall–Kier alpha value is -0.810. The number of hydrogen-bond acceptors (Lipinski definition) is 4. The summed E-state index contributed by atoms with van der Waals surface area (Å²) in [6, 6.07) is 5.99. The van der Waals surface area contributed by atoms with Crippen LogP contribution >= 0.6 is 11.6 Å². The van der Waals surface area contributed by atoms with Crippen LogP contribution in [0.1, 0.15) is 12.0 Å². The molecular weight excluding hydrogens is 262 g/mol. The Balaban J connectivity index is 2.07. The lowest BCUT2D eigenvalue weighted by molar-refractivity contribution is 0.169. The quantitative estimate of drug-likeness (QED) is 0.821. The van der Waals surface area contributed by atoms with Gasteiger partial charge in [-0.05, 0) is 38.2 Å². The monoisotopic (exact) mass is 283 g/mol. The molecule has 1 saturated heterocycles. The van der Waals surface area contributed by atoms with Crippen LogP contribution in [0.25, 0.3) is 0 Å². The molecule has 2 rings (SSSR count). The molecular formula is C14H22ClN3O. The van der Waals surface area contributed by atoms with E-state index < -0.39 is 0 Å². The van der Waals surface area contributed by atoms with Crippen molar-refractivity contribution in [2.45, 2.75) is 25.1 Å². The lowest BCUT2D eigenvalue weighted by atomic mass is 10.1. The number of aliphatic hydroxyl groups excluding tert-OH is 1. The highest BCUT2D eigenvalue weighted by Crippen LogP contribution is 2.25. The molecule has 0 aliphatic carbocycles. The van der Waals surface area contributed by atoms with Crippen molar-refractivity contribution < 1.29 is 5.11 Å². The maximum absolute atomic E-state index is 9.86. The molecule has 3 N–H and O–H groups in total. The van der Waals surface area contributed by atoms with Gasteiger partial charge in [-0.25, -0.2) is 0 Å². The van der Waals surface area contributed by atoms with Gasteiger partial charge in [0.1, 0.15) is 0 Å². The largest absolute Gasteiger partial charge is 0.399 e. The van der Waals surface area contributed by atoms with E-state index in [0.717, 1.165) is 25.1 Å². The zero-order valence-electron chi connectivity index (χ0n) is 11.5. The van der Waals surface area contributed by atoms with Crippen LogP contribution in [-0.4, -0.2) is 54.2 Å². The number of nitrogens with two attached hydrogens (primary N) is 1. The van der Waals surface area contributed by atoms with Crippen LogP contribution in [0.2, 0.25) is 5.02 Å². The van der Waals surface area contributed by atoms with Crippen LogP contribution in [0.15, 0.2) is 18.2 Å². The second-order valence-corrected chi connectivity index (χ2v) is 5.99. The molecule has 19 heavy (non-hydrogen) atoms. The van der Waals surface area contributed by atoms with Crippen LogP contribution in [-0.2, 0) is 6.54 Å². The molecule has 0 saturated carbocycles. The Morgan fingerprint density at radius 3 is 2.84 bits per heavy atom. The van der Waals surface area contributed by atoms with Crippen molar-refractivity contribution in [3.05, 3.63) is 28.8 Å². The van der Waals surface area contributed by atoms with Gasteiger partial charge in [0, 0.05) is 36.4 Å². The molecule has 1 aliphatic heterocycles. The van der Waals surface area contributed by atoms with Gasteiger partial charge in [0.05, 0.1) is 6.10 Å². The smallest absolute Gasteiger partial charge is 0.0682 e. The molecule has 0 aromatic heterocycles. The highest BCUT2D eigenvalue weighted by Gasteiger charge is 2.31. The summed E-state index contributed by atoms with van der Waals surface area (Å²) < 4.78 is 0. The fourth-order valence-corrected chi connectivity index (χ4v) is 2.92. The Morgan fingerprint density at radius 1 is 1.47 bits per heavy atom. The maximum Gasteiger partial charge on any atom is 0.0682 e. The Bertz CT molecular complexity index is 439. The molecule has 1 aliphatic rings. The van der Waals surface area contributed by atoms with Gasteiger partial charge in [0.15, 0.2) is 0 Å². The summed E-state index contributed by atoms with van der Waals surface area (Å²) in [6.07, 6.45) is 0.586. The minimum Gasteiger partial charge on any atom is -0.399 e. The molecule has 1 aromatic carbocycles. The van der Waals surface area contributed by atoms with Crippen LogP contribution in [0.4, 0.5) is 5.69 Å². The molecule has 0 spiro atoms. The molecule has 0 radical (unpaired) electrons. The predicted octanol–water partition coefficient (Wildman–Crippen LogP) is 1.42. The van der Waals surface area contributed by atoms with Crippen molar-refractivity contribution in [2.75, 3.05) is 32.9 Å². The van der Waals surface area contributed by atoms with Gasteiger partial charge in [-0.15, -0.1) is 0 Å². The van der Waals surface area contributed by atoms with E-state index in [1.807, 2.05) is 12.1 Å². The topological polar surface area (TPSA) is 52.7 Å². The fourth-order valence-electron chi connectivity index (χ4n) is 2.67. The van der Waals surface area contributed by atoms with E-state index in [1.165, 1.54) is 0 Å². The first kappa shape index (κ1) is 14.6. The number of benzene rings is 1. The summed E-state index contributed by atoms with van der Waals surface area (Å²) in [5, 5.41) is 10.6. The van der Waals surface area contributed by atoms with E-state index in [2.05, 4.69) is 23.9 Å². The highest BCUT2D eigenvalue weighted by molar-refractivity contribution is 6.31. The molecule has 2 unspecified atom stereocenters. The summed E-state index contributed by atoms with van der Waals surface area (Å²) in [4.78, 5) is 4.45. The molecule has 1 aromatic rings. The van der Waals surface area contributed by atoms with E-state index in [1.54, 1.807) is 6.07 Å². The second kappa shape index (κ2) is 6.09. The second-order valence-electron chi connectivity index (χ2n) is 5.59. The summed E-state index contributed by atoms with van der Waals surface area (Å²) in [6.45, 7) is 2.41. The number of hydrogen-bond donors (Lipinski definition) is 2. The van der Waals surface area contributed by atoms with Crippen molar-refractivity contribution in [2.24, 2.45) is 0 Å². The normalized spacial score (nSPS) is 24.3. The van der Waals surface area contributed by atoms with Crippen LogP contribution in [0, 0.1) is 0 Å². The van der Waals surface area contributed by atoms with Crippen molar-refractivity contribution >= 4 is 17.3 Å². The zero-order chi connectivity index (χ0) is 14.0. The standard InChI is InChI=1S/C14H22ClN3O/c1-17(2)8-12-6-13(19)9-18(12)7-10-3-4-11(16)5-14(10)15/h3-5,12-13,19H,6-9,16H2,1-2H3. The third-order valence-corrected chi connectivity index (χ3v) is 3.88. The summed E-state index contributed by atoms with van der Waals surface area (Å²) in [5.41, 5.74) is 7.45. The molecule has 2 atom stereocenters. The molecule has 106 valence electrons. The number of aliphatic hydroxyl groups is 1. The van der Waals surface area contributed by atoms with Gasteiger partial charge in [0.2, 0.25) is 0 Å². The Morgan fingerprint density at radius 2 is 2.21 bits per heavy atom. The third-order valence-electron chi connectivity index (χ3n) is 3.53. The van der Waals surface area contributed by atoms with Crippen LogP contribution in [0.5, 0.6) is 0 Å². The van der Waals surface area contributed by atoms with Crippen LogP contribution in [0.3, 0.4) is 0 Å². The van der Waals surface area contributed by atoms with Gasteiger partial charge >= 0.3 is 0 Å². The molecule has 0 bridgehead atoms. The van der Waals surface area contributed by atoms with Crippen molar-refractivity contribution in [1.82, 2.24) is 9.80 Å². The fraction of sp³-hybridized carbons (Fsp3) is 0.571. The van der Waals surface area contributed by atoms with Crippen molar-refractivity contribution in [1.29, 1.82) is 0 Å². The number of nitrogens with zero attached hydrogens (tertiary/aromatic N) is 2. The molecule has 1 heterocycles. The lowest BCUT2D eigenvalue weighted by Crippen LogP contribution is -2.37. The summed E-state index contributed by atoms with van der Waals surface area (Å²) in [7, 11) is 4.11. The first-order chi connectivity index (χ1) is 8.95. The minimum atomic E-state index is -0.238. The van der Waals surface area contributed by atoms with Gasteiger partial charge < -0.3 is 15.7 Å². The molecule has 1 fully saturated rings. The Kier molecular flexibility index (Phi) is 4.68. The molecule has 5 heteroatoms. The predicted molar refractivity (Wildman–Crippen MR) is 79.2 cm³/mol. The third kappa shape index (κ3) is 3.83. The van der Waals surface area contributed by atoms with Gasteiger partial charge in [-0.2, -0.15) is 0 Å². The van der Waals surface area contributed by atoms with E-state index in [0.29, 0.717) is 23.3 Å². The van der Waals surface area contributed by atoms with Crippen molar-refractivity contribution in [3.8, 4) is 0 Å². The van der Waals surface area contributed by atoms with Gasteiger partial charge in [-0.3, -0.25) is 4.90 Å². The Labute approximate surface area is 119 Å². The van der Waals surface area contributed by atoms with E-state index in [-0.39, 0.29) is 6.10 Å². The van der Waals surface area contributed by atoms with Gasteiger partial charge in [-0.1, -0.05) is 17.7 Å². The number of halogens is 1. The summed E-state index contributed by atoms with van der Waals surface area (Å²) in [5.74, 6) is 0. The molecule has 4 nitrogen and oxygen atoms in total. The SMILES string of the molecule is CN(C)CC1CC(O)CN1Cc1ccc(N)cc1Cl. The number of β-amino-alcohol motifs (C(OH)–C–C–N with tert-alkyl or cyclic N) is 1. The van der Waals surface area contributed by atoms with Gasteiger partial charge in [0.25, 0.3) is 0 Å². The summed E-state index contributed by atoms with van der Waals surface area (Å²) >= 11 is 6.22. The zero-order valence-corrected chi connectivity index (χ0v) is 12.3. The van der Waals surface area contributed by atoms with Crippen molar-refractivity contribution in [3.63, 3.8) is 0 Å². The molecule has 0 amide bonds. The number of likely N-dealkylation sites (tertiary alicyclic amines) is 1. The number of likely N-dealkylation sites (N-methyl/N-ethyl adjacent to an activating group) is 1.